The molecule has 0 aromatic carbocycles. The summed E-state index contributed by atoms with van der Waals surface area (Å²) in [4.78, 5) is 73.4. The largest absolute Gasteiger partial charge is 0.472 e. The topological polar surface area (TPSA) is 237 Å². The Morgan fingerprint density at radius 1 is 0.259 bits per heavy atom. The average molecular weight is 1630 g/mol. The molecule has 19 heteroatoms. The van der Waals surface area contributed by atoms with Crippen molar-refractivity contribution in [2.24, 2.45) is 11.8 Å². The summed E-state index contributed by atoms with van der Waals surface area (Å²) in [6.45, 7) is 9.80. The van der Waals surface area contributed by atoms with Crippen molar-refractivity contribution in [1.29, 1.82) is 0 Å². The third-order valence-corrected chi connectivity index (χ3v) is 24.2. The van der Waals surface area contributed by atoms with E-state index in [4.69, 9.17) is 37.0 Å². The summed E-state index contributed by atoms with van der Waals surface area (Å²) in [6.07, 6.45) is 79.3. The highest BCUT2D eigenvalue weighted by atomic mass is 31.2. The third-order valence-electron chi connectivity index (χ3n) is 22.3. The molecule has 0 aliphatic carbocycles. The van der Waals surface area contributed by atoms with E-state index in [-0.39, 0.29) is 25.7 Å². The van der Waals surface area contributed by atoms with Crippen LogP contribution < -0.4 is 0 Å². The van der Waals surface area contributed by atoms with Crippen LogP contribution in [0.5, 0.6) is 0 Å². The number of carbonyl (C=O) groups is 4. The molecule has 6 atom stereocenters. The quantitative estimate of drug-likeness (QED) is 0.0222. The number of hydrogen-bond acceptors (Lipinski definition) is 15. The molecule has 17 nitrogen and oxygen atoms in total. The molecule has 666 valence electrons. The molecule has 0 aliphatic rings. The summed E-state index contributed by atoms with van der Waals surface area (Å²) >= 11 is 0. The first-order valence-electron chi connectivity index (χ1n) is 48.0. The molecule has 0 radical (unpaired) electrons. The second-order valence-electron chi connectivity index (χ2n) is 34.1. The minimum absolute atomic E-state index is 0.109. The van der Waals surface area contributed by atoms with Gasteiger partial charge >= 0.3 is 39.5 Å². The van der Waals surface area contributed by atoms with Gasteiger partial charge in [0.05, 0.1) is 26.4 Å². The molecule has 0 heterocycles. The lowest BCUT2D eigenvalue weighted by atomic mass is 9.99. The van der Waals surface area contributed by atoms with Crippen LogP contribution in [0.2, 0.25) is 0 Å². The molecular formula is C93H182O17P2. The first-order chi connectivity index (χ1) is 54.4. The zero-order valence-corrected chi connectivity index (χ0v) is 75.8. The van der Waals surface area contributed by atoms with Crippen molar-refractivity contribution >= 4 is 39.5 Å². The zero-order chi connectivity index (χ0) is 82.0. The van der Waals surface area contributed by atoms with Crippen LogP contribution in [-0.4, -0.2) is 96.7 Å². The number of aliphatic hydroxyl groups excluding tert-OH is 1. The number of rotatable bonds is 92. The first-order valence-corrected chi connectivity index (χ1v) is 51.0. The smallest absolute Gasteiger partial charge is 0.462 e. The minimum Gasteiger partial charge on any atom is -0.462 e. The van der Waals surface area contributed by atoms with Gasteiger partial charge in [0.15, 0.2) is 12.2 Å². The number of ether oxygens (including phenoxy) is 4. The van der Waals surface area contributed by atoms with Gasteiger partial charge in [-0.1, -0.05) is 452 Å². The monoisotopic (exact) mass is 1630 g/mol. The number of phosphoric acid groups is 2. The van der Waals surface area contributed by atoms with E-state index < -0.39 is 97.5 Å². The molecule has 0 bridgehead atoms. The van der Waals surface area contributed by atoms with Gasteiger partial charge in [-0.25, -0.2) is 9.13 Å². The highest BCUT2D eigenvalue weighted by Crippen LogP contribution is 2.45. The maximum absolute atomic E-state index is 13.2. The Kier molecular flexibility index (Phi) is 82.6. The molecule has 3 N–H and O–H groups in total. The number of hydrogen-bond donors (Lipinski definition) is 3. The van der Waals surface area contributed by atoms with Crippen LogP contribution in [0.4, 0.5) is 0 Å². The zero-order valence-electron chi connectivity index (χ0n) is 74.0. The van der Waals surface area contributed by atoms with Crippen molar-refractivity contribution in [3.63, 3.8) is 0 Å². The number of unbranched alkanes of at least 4 members (excludes halogenated alkanes) is 61. The Hall–Kier alpha value is -1.94. The molecular weight excluding hydrogens is 1450 g/mol. The van der Waals surface area contributed by atoms with Gasteiger partial charge in [0, 0.05) is 25.7 Å². The van der Waals surface area contributed by atoms with Crippen LogP contribution >= 0.6 is 15.6 Å². The Bertz CT molecular complexity index is 2130. The molecule has 0 aromatic rings. The van der Waals surface area contributed by atoms with Gasteiger partial charge in [0.2, 0.25) is 0 Å². The average Bonchev–Trinajstić information content (AvgIpc) is 0.896. The molecule has 0 rings (SSSR count). The van der Waals surface area contributed by atoms with E-state index in [9.17, 15) is 43.2 Å². The maximum atomic E-state index is 13.2. The highest BCUT2D eigenvalue weighted by molar-refractivity contribution is 7.47. The number of aliphatic hydroxyl groups is 1. The van der Waals surface area contributed by atoms with Crippen LogP contribution in [0.25, 0.3) is 0 Å². The minimum atomic E-state index is -4.97. The van der Waals surface area contributed by atoms with E-state index in [1.807, 2.05) is 0 Å². The van der Waals surface area contributed by atoms with E-state index in [0.717, 1.165) is 102 Å². The first kappa shape index (κ1) is 110. The highest BCUT2D eigenvalue weighted by Gasteiger charge is 2.31. The van der Waals surface area contributed by atoms with Crippen molar-refractivity contribution in [1.82, 2.24) is 0 Å². The van der Waals surface area contributed by atoms with Crippen LogP contribution in [0, 0.1) is 11.8 Å². The number of carbonyl (C=O) groups excluding carboxylic acids is 4. The van der Waals surface area contributed by atoms with Crippen molar-refractivity contribution in [3.05, 3.63) is 0 Å². The Morgan fingerprint density at radius 3 is 0.679 bits per heavy atom. The van der Waals surface area contributed by atoms with Gasteiger partial charge in [-0.3, -0.25) is 37.3 Å². The SMILES string of the molecule is CCCCCCCCCCCCCCCCCCCCCCC(=O)O[C@H](COC(=O)CCCCCCCCCCC)COP(=O)(O)OC[C@H](O)COP(=O)(O)OC[C@@H](COC(=O)CCCCCCCCCCCCCCCCCCCCC(C)C)OC(=O)CCCCCCCCCCCCCCCCCCCCC(C)CC. The van der Waals surface area contributed by atoms with Gasteiger partial charge in [-0.2, -0.15) is 0 Å². The van der Waals surface area contributed by atoms with Gasteiger partial charge in [-0.05, 0) is 37.5 Å². The van der Waals surface area contributed by atoms with Crippen molar-refractivity contribution in [3.8, 4) is 0 Å². The molecule has 0 aromatic heterocycles. The summed E-state index contributed by atoms with van der Waals surface area (Å²) in [5.41, 5.74) is 0. The molecule has 0 saturated heterocycles. The molecule has 0 amide bonds. The van der Waals surface area contributed by atoms with E-state index in [2.05, 4.69) is 41.5 Å². The van der Waals surface area contributed by atoms with Gasteiger partial charge in [0.1, 0.15) is 19.3 Å². The van der Waals surface area contributed by atoms with E-state index in [0.29, 0.717) is 25.7 Å². The van der Waals surface area contributed by atoms with Crippen LogP contribution in [0.15, 0.2) is 0 Å². The normalized spacial score (nSPS) is 13.9. The Morgan fingerprint density at radius 2 is 0.455 bits per heavy atom. The van der Waals surface area contributed by atoms with Crippen molar-refractivity contribution < 1.29 is 80.2 Å². The van der Waals surface area contributed by atoms with Crippen molar-refractivity contribution in [2.75, 3.05) is 39.6 Å². The molecule has 0 aliphatic heterocycles. The van der Waals surface area contributed by atoms with Gasteiger partial charge < -0.3 is 33.8 Å². The molecule has 112 heavy (non-hydrogen) atoms. The molecule has 0 fully saturated rings. The summed E-state index contributed by atoms with van der Waals surface area (Å²) in [6, 6.07) is 0. The van der Waals surface area contributed by atoms with Crippen LogP contribution in [0.1, 0.15) is 504 Å². The predicted octanol–water partition coefficient (Wildman–Crippen LogP) is 29.0. The van der Waals surface area contributed by atoms with Gasteiger partial charge in [0.25, 0.3) is 0 Å². The molecule has 0 saturated carbocycles. The third kappa shape index (κ3) is 84.5. The number of phosphoric ester groups is 2. The van der Waals surface area contributed by atoms with Gasteiger partial charge in [-0.15, -0.1) is 0 Å². The van der Waals surface area contributed by atoms with E-state index in [1.54, 1.807) is 0 Å². The summed E-state index contributed by atoms with van der Waals surface area (Å²) in [7, 11) is -9.93. The van der Waals surface area contributed by atoms with E-state index in [1.165, 1.54) is 321 Å². The summed E-state index contributed by atoms with van der Waals surface area (Å²) in [5.74, 6) is -0.401. The fraction of sp³-hybridized carbons (Fsp3) is 0.957. The lowest BCUT2D eigenvalue weighted by molar-refractivity contribution is -0.161. The standard InChI is InChI=1S/C93H182O17P2/c1-7-10-12-14-16-18-19-20-21-22-23-24-32-37-42-47-53-59-65-71-77-92(97)109-88(81-103-90(95)75-69-63-57-49-17-15-13-11-8-2)83-107-111(99,100)105-79-87(94)80-106-112(101,102)108-84-89(82-104-91(96)76-70-64-58-52-46-41-36-31-27-25-29-34-39-44-50-55-61-67-73-85(4)5)110-93(98)78-72-66-60-54-48-43-38-33-28-26-30-35-40-45-51-56-62-68-74-86(6)9-3/h85-89,94H,7-84H2,1-6H3,(H,99,100)(H,101,102)/t86?,87-,88+,89+/m0/s1. The second kappa shape index (κ2) is 84.1. The van der Waals surface area contributed by atoms with Crippen LogP contribution in [-0.2, 0) is 65.4 Å². The Balaban J connectivity index is 5.19. The van der Waals surface area contributed by atoms with Crippen molar-refractivity contribution in [2.45, 2.75) is 522 Å². The number of esters is 4. The van der Waals surface area contributed by atoms with Crippen LogP contribution in [0.3, 0.4) is 0 Å². The lowest BCUT2D eigenvalue weighted by Crippen LogP contribution is -2.30. The molecule has 3 unspecified atom stereocenters. The fourth-order valence-corrected chi connectivity index (χ4v) is 16.2. The fourth-order valence-electron chi connectivity index (χ4n) is 14.6. The second-order valence-corrected chi connectivity index (χ2v) is 37.0. The summed E-state index contributed by atoms with van der Waals surface area (Å²) < 4.78 is 69.1. The predicted molar refractivity (Wildman–Crippen MR) is 465 cm³/mol. The Labute approximate surface area is 689 Å². The molecule has 0 spiro atoms. The lowest BCUT2D eigenvalue weighted by Gasteiger charge is -2.21. The van der Waals surface area contributed by atoms with E-state index >= 15 is 0 Å². The summed E-state index contributed by atoms with van der Waals surface area (Å²) in [5, 5.41) is 10.7. The maximum Gasteiger partial charge on any atom is 0.472 e.